The van der Waals surface area contributed by atoms with Crippen LogP contribution in [0.4, 0.5) is 5.69 Å². The van der Waals surface area contributed by atoms with Crippen LogP contribution in [0.15, 0.2) is 35.8 Å². The lowest BCUT2D eigenvalue weighted by atomic mass is 10.2. The maximum absolute atomic E-state index is 5.79. The van der Waals surface area contributed by atoms with Crippen LogP contribution in [0.2, 0.25) is 0 Å². The Morgan fingerprint density at radius 2 is 2.16 bits per heavy atom. The molecule has 1 N–H and O–H groups in total. The van der Waals surface area contributed by atoms with Crippen molar-refractivity contribution in [3.63, 3.8) is 0 Å². The van der Waals surface area contributed by atoms with Crippen molar-refractivity contribution >= 4 is 17.0 Å². The fraction of sp³-hybridized carbons (Fsp3) is 0.400. The topological polar surface area (TPSA) is 34.2 Å². The highest BCUT2D eigenvalue weighted by molar-refractivity contribution is 7.13. The maximum atomic E-state index is 5.79. The van der Waals surface area contributed by atoms with Crippen molar-refractivity contribution < 1.29 is 4.74 Å². The van der Waals surface area contributed by atoms with Crippen LogP contribution in [0.3, 0.4) is 0 Å². The molecule has 0 aliphatic carbocycles. The number of anilines is 1. The quantitative estimate of drug-likeness (QED) is 0.921. The minimum absolute atomic E-state index is 0.355. The molecular formula is C15H18N2OS. The number of rotatable bonds is 4. The second-order valence-electron chi connectivity index (χ2n) is 4.94. The Kier molecular flexibility index (Phi) is 3.80. The minimum atomic E-state index is 0.355. The van der Waals surface area contributed by atoms with E-state index in [4.69, 9.17) is 4.74 Å². The molecule has 1 fully saturated rings. The molecular weight excluding hydrogens is 256 g/mol. The highest BCUT2D eigenvalue weighted by atomic mass is 32.1. The van der Waals surface area contributed by atoms with Gasteiger partial charge in [0.25, 0.3) is 0 Å². The van der Waals surface area contributed by atoms with Crippen molar-refractivity contribution in [2.75, 3.05) is 11.9 Å². The summed E-state index contributed by atoms with van der Waals surface area (Å²) in [5.41, 5.74) is 2.31. The predicted octanol–water partition coefficient (Wildman–Crippen LogP) is 3.79. The Morgan fingerprint density at radius 3 is 2.79 bits per heavy atom. The maximum Gasteiger partial charge on any atom is 0.123 e. The number of benzene rings is 1. The minimum Gasteiger partial charge on any atom is -0.382 e. The Morgan fingerprint density at radius 1 is 1.32 bits per heavy atom. The fourth-order valence-electron chi connectivity index (χ4n) is 2.36. The highest BCUT2D eigenvalue weighted by Crippen LogP contribution is 2.24. The smallest absolute Gasteiger partial charge is 0.123 e. The first kappa shape index (κ1) is 12.6. The molecule has 4 heteroatoms. The highest BCUT2D eigenvalue weighted by Gasteiger charge is 2.21. The number of hydrogen-bond donors (Lipinski definition) is 1. The molecule has 2 unspecified atom stereocenters. The van der Waals surface area contributed by atoms with Gasteiger partial charge in [-0.15, -0.1) is 11.3 Å². The second kappa shape index (κ2) is 5.72. The van der Waals surface area contributed by atoms with Crippen LogP contribution in [0.1, 0.15) is 19.8 Å². The van der Waals surface area contributed by atoms with Gasteiger partial charge in [0.15, 0.2) is 0 Å². The lowest BCUT2D eigenvalue weighted by Gasteiger charge is -2.13. The molecule has 0 spiro atoms. The number of nitrogens with zero attached hydrogens (tertiary/aromatic N) is 1. The standard InChI is InChI=1S/C15H18N2OS/c1-11-2-7-14(18-11)10-17-13-5-3-12(4-6-13)15-16-8-9-19-15/h3-6,8-9,11,14,17H,2,7,10H2,1H3. The number of thiazole rings is 1. The molecule has 0 saturated carbocycles. The summed E-state index contributed by atoms with van der Waals surface area (Å²) in [7, 11) is 0. The van der Waals surface area contributed by atoms with Crippen LogP contribution >= 0.6 is 11.3 Å². The van der Waals surface area contributed by atoms with Crippen molar-refractivity contribution in [2.24, 2.45) is 0 Å². The van der Waals surface area contributed by atoms with Gasteiger partial charge in [-0.05, 0) is 44.0 Å². The first-order valence-electron chi connectivity index (χ1n) is 6.70. The van der Waals surface area contributed by atoms with E-state index in [1.165, 1.54) is 12.0 Å². The summed E-state index contributed by atoms with van der Waals surface area (Å²) in [5, 5.41) is 6.51. The summed E-state index contributed by atoms with van der Waals surface area (Å²) in [6.07, 6.45) is 4.94. The average molecular weight is 274 g/mol. The molecule has 100 valence electrons. The van der Waals surface area contributed by atoms with Crippen LogP contribution in [0.25, 0.3) is 10.6 Å². The van der Waals surface area contributed by atoms with E-state index < -0.39 is 0 Å². The Bertz CT molecular complexity index is 509. The Labute approximate surface area is 117 Å². The number of ether oxygens (including phenoxy) is 1. The third-order valence-electron chi connectivity index (χ3n) is 3.42. The van der Waals surface area contributed by atoms with Gasteiger partial charge in [-0.25, -0.2) is 4.98 Å². The van der Waals surface area contributed by atoms with Crippen LogP contribution in [0, 0.1) is 0 Å². The second-order valence-corrected chi connectivity index (χ2v) is 5.84. The van der Waals surface area contributed by atoms with E-state index >= 15 is 0 Å². The van der Waals surface area contributed by atoms with Crippen molar-refractivity contribution in [3.05, 3.63) is 35.8 Å². The first-order chi connectivity index (χ1) is 9.31. The van der Waals surface area contributed by atoms with Gasteiger partial charge in [-0.1, -0.05) is 0 Å². The Hall–Kier alpha value is -1.39. The molecule has 0 bridgehead atoms. The van der Waals surface area contributed by atoms with Gasteiger partial charge in [-0.2, -0.15) is 0 Å². The predicted molar refractivity (Wildman–Crippen MR) is 79.6 cm³/mol. The molecule has 1 aromatic carbocycles. The third-order valence-corrected chi connectivity index (χ3v) is 4.24. The molecule has 0 radical (unpaired) electrons. The summed E-state index contributed by atoms with van der Waals surface area (Å²) in [6.45, 7) is 3.03. The number of hydrogen-bond acceptors (Lipinski definition) is 4. The van der Waals surface area contributed by atoms with Gasteiger partial charge >= 0.3 is 0 Å². The van der Waals surface area contributed by atoms with E-state index in [1.807, 2.05) is 11.6 Å². The zero-order chi connectivity index (χ0) is 13.1. The zero-order valence-corrected chi connectivity index (χ0v) is 11.8. The van der Waals surface area contributed by atoms with Gasteiger partial charge in [0.1, 0.15) is 5.01 Å². The largest absolute Gasteiger partial charge is 0.382 e. The fourth-order valence-corrected chi connectivity index (χ4v) is 3.01. The summed E-state index contributed by atoms with van der Waals surface area (Å²) in [5.74, 6) is 0. The lowest BCUT2D eigenvalue weighted by molar-refractivity contribution is 0.0637. The number of aromatic nitrogens is 1. The van der Waals surface area contributed by atoms with Gasteiger partial charge in [0.2, 0.25) is 0 Å². The molecule has 2 atom stereocenters. The summed E-state index contributed by atoms with van der Waals surface area (Å²) in [4.78, 5) is 4.31. The normalized spacial score (nSPS) is 22.6. The zero-order valence-electron chi connectivity index (χ0n) is 11.0. The van der Waals surface area contributed by atoms with E-state index in [1.54, 1.807) is 11.3 Å². The van der Waals surface area contributed by atoms with Gasteiger partial charge in [-0.3, -0.25) is 0 Å². The number of nitrogens with one attached hydrogen (secondary N) is 1. The molecule has 1 saturated heterocycles. The molecule has 2 heterocycles. The molecule has 1 aromatic heterocycles. The first-order valence-corrected chi connectivity index (χ1v) is 7.58. The van der Waals surface area contributed by atoms with E-state index in [2.05, 4.69) is 41.5 Å². The van der Waals surface area contributed by atoms with Crippen molar-refractivity contribution in [3.8, 4) is 10.6 Å². The molecule has 19 heavy (non-hydrogen) atoms. The monoisotopic (exact) mass is 274 g/mol. The molecule has 0 amide bonds. The van der Waals surface area contributed by atoms with Crippen molar-refractivity contribution in [2.45, 2.75) is 32.0 Å². The van der Waals surface area contributed by atoms with E-state index in [0.29, 0.717) is 12.2 Å². The molecule has 2 aromatic rings. The van der Waals surface area contributed by atoms with Crippen molar-refractivity contribution in [1.82, 2.24) is 4.98 Å². The average Bonchev–Trinajstić information content (AvgIpc) is 3.08. The Balaban J connectivity index is 1.57. The van der Waals surface area contributed by atoms with Crippen molar-refractivity contribution in [1.29, 1.82) is 0 Å². The van der Waals surface area contributed by atoms with Gasteiger partial charge in [0, 0.05) is 29.4 Å². The van der Waals surface area contributed by atoms with E-state index in [9.17, 15) is 0 Å². The van der Waals surface area contributed by atoms with Crippen LogP contribution < -0.4 is 5.32 Å². The van der Waals surface area contributed by atoms with Crippen LogP contribution in [0.5, 0.6) is 0 Å². The third kappa shape index (κ3) is 3.14. The molecule has 3 nitrogen and oxygen atoms in total. The van der Waals surface area contributed by atoms with E-state index in [-0.39, 0.29) is 0 Å². The van der Waals surface area contributed by atoms with Gasteiger partial charge < -0.3 is 10.1 Å². The summed E-state index contributed by atoms with van der Waals surface area (Å²) >= 11 is 1.66. The summed E-state index contributed by atoms with van der Waals surface area (Å²) in [6, 6.07) is 8.43. The molecule has 3 rings (SSSR count). The van der Waals surface area contributed by atoms with Crippen LogP contribution in [-0.2, 0) is 4.74 Å². The SMILES string of the molecule is CC1CCC(CNc2ccc(-c3nccs3)cc2)O1. The summed E-state index contributed by atoms with van der Waals surface area (Å²) < 4.78 is 5.79. The molecule has 1 aliphatic rings. The van der Waals surface area contributed by atoms with Crippen LogP contribution in [-0.4, -0.2) is 23.7 Å². The lowest BCUT2D eigenvalue weighted by Crippen LogP contribution is -2.19. The van der Waals surface area contributed by atoms with E-state index in [0.717, 1.165) is 23.7 Å². The molecule has 1 aliphatic heterocycles. The van der Waals surface area contributed by atoms with Gasteiger partial charge in [0.05, 0.1) is 12.2 Å².